The maximum absolute atomic E-state index is 13.4. The van der Waals surface area contributed by atoms with E-state index in [1.54, 1.807) is 17.4 Å². The van der Waals surface area contributed by atoms with Crippen molar-refractivity contribution in [2.24, 2.45) is 0 Å². The van der Waals surface area contributed by atoms with E-state index >= 15 is 0 Å². The second-order valence-corrected chi connectivity index (χ2v) is 5.14. The number of thiophene rings is 1. The topological polar surface area (TPSA) is 41.1 Å². The van der Waals surface area contributed by atoms with Crippen molar-refractivity contribution in [1.29, 1.82) is 0 Å². The Morgan fingerprint density at radius 2 is 2.05 bits per heavy atom. The molecule has 1 heterocycles. The monoisotopic (exact) mass is 294 g/mol. The summed E-state index contributed by atoms with van der Waals surface area (Å²) in [7, 11) is 0. The van der Waals surface area contributed by atoms with E-state index < -0.39 is 11.7 Å². The van der Waals surface area contributed by atoms with Gasteiger partial charge in [0.2, 0.25) is 0 Å². The maximum atomic E-state index is 13.4. The van der Waals surface area contributed by atoms with E-state index in [0.29, 0.717) is 6.54 Å². The number of amides is 1. The summed E-state index contributed by atoms with van der Waals surface area (Å²) in [6, 6.07) is 9.66. The molecule has 0 atom stereocenters. The van der Waals surface area contributed by atoms with Gasteiger partial charge in [-0.3, -0.25) is 10.1 Å². The number of halogens is 1. The SMILES string of the molecule is O=C(NC(=S)NCc1cccs1)c1ccccc1F. The lowest BCUT2D eigenvalue weighted by molar-refractivity contribution is 0.0972. The first kappa shape index (κ1) is 13.6. The molecule has 0 aliphatic rings. The third-order valence-corrected chi connectivity index (χ3v) is 3.47. The molecule has 0 saturated carbocycles. The van der Waals surface area contributed by atoms with E-state index in [4.69, 9.17) is 12.2 Å². The van der Waals surface area contributed by atoms with Crippen LogP contribution in [0.1, 0.15) is 15.2 Å². The second-order valence-electron chi connectivity index (χ2n) is 3.70. The summed E-state index contributed by atoms with van der Waals surface area (Å²) in [5.74, 6) is -1.12. The first-order valence-electron chi connectivity index (χ1n) is 5.53. The molecule has 0 radical (unpaired) electrons. The van der Waals surface area contributed by atoms with E-state index in [1.165, 1.54) is 18.2 Å². The van der Waals surface area contributed by atoms with Crippen LogP contribution in [-0.4, -0.2) is 11.0 Å². The second kappa shape index (κ2) is 6.40. The molecule has 0 saturated heterocycles. The highest BCUT2D eigenvalue weighted by atomic mass is 32.1. The van der Waals surface area contributed by atoms with Crippen LogP contribution in [0.25, 0.3) is 0 Å². The predicted octanol–water partition coefficient (Wildman–Crippen LogP) is 2.69. The van der Waals surface area contributed by atoms with Gasteiger partial charge in [0.15, 0.2) is 5.11 Å². The Morgan fingerprint density at radius 1 is 1.26 bits per heavy atom. The zero-order chi connectivity index (χ0) is 13.7. The van der Waals surface area contributed by atoms with Gasteiger partial charge in [0.05, 0.1) is 12.1 Å². The third-order valence-electron chi connectivity index (χ3n) is 2.35. The summed E-state index contributed by atoms with van der Waals surface area (Å²) in [5, 5.41) is 7.48. The maximum Gasteiger partial charge on any atom is 0.260 e. The number of hydrogen-bond donors (Lipinski definition) is 2. The Bertz CT molecular complexity index is 584. The van der Waals surface area contributed by atoms with Crippen LogP contribution in [0.15, 0.2) is 41.8 Å². The number of benzene rings is 1. The minimum atomic E-state index is -0.568. The highest BCUT2D eigenvalue weighted by molar-refractivity contribution is 7.80. The Balaban J connectivity index is 1.89. The fourth-order valence-electron chi connectivity index (χ4n) is 1.44. The van der Waals surface area contributed by atoms with Crippen LogP contribution in [0.3, 0.4) is 0 Å². The zero-order valence-corrected chi connectivity index (χ0v) is 11.5. The van der Waals surface area contributed by atoms with Crippen LogP contribution in [0.4, 0.5) is 4.39 Å². The van der Waals surface area contributed by atoms with Crippen molar-refractivity contribution in [2.75, 3.05) is 0 Å². The molecule has 0 aliphatic heterocycles. The summed E-state index contributed by atoms with van der Waals surface area (Å²) in [6.07, 6.45) is 0. The molecule has 2 rings (SSSR count). The predicted molar refractivity (Wildman–Crippen MR) is 77.6 cm³/mol. The summed E-state index contributed by atoms with van der Waals surface area (Å²) in [6.45, 7) is 0.536. The van der Waals surface area contributed by atoms with Gasteiger partial charge in [-0.1, -0.05) is 18.2 Å². The van der Waals surface area contributed by atoms with E-state index in [-0.39, 0.29) is 10.7 Å². The Morgan fingerprint density at radius 3 is 2.74 bits per heavy atom. The van der Waals surface area contributed by atoms with Gasteiger partial charge >= 0.3 is 0 Å². The molecular weight excluding hydrogens is 283 g/mol. The fourth-order valence-corrected chi connectivity index (χ4v) is 2.25. The molecule has 2 N–H and O–H groups in total. The van der Waals surface area contributed by atoms with Crippen molar-refractivity contribution < 1.29 is 9.18 Å². The molecule has 2 aromatic rings. The number of thiocarbonyl (C=S) groups is 1. The Kier molecular flexibility index (Phi) is 4.59. The van der Waals surface area contributed by atoms with Gasteiger partial charge in [-0.2, -0.15) is 0 Å². The molecule has 0 bridgehead atoms. The molecule has 0 unspecified atom stereocenters. The average Bonchev–Trinajstić information content (AvgIpc) is 2.90. The minimum absolute atomic E-state index is 0.0252. The van der Waals surface area contributed by atoms with Gasteiger partial charge in [-0.05, 0) is 35.8 Å². The van der Waals surface area contributed by atoms with Crippen molar-refractivity contribution in [3.63, 3.8) is 0 Å². The lowest BCUT2D eigenvalue weighted by Gasteiger charge is -2.09. The van der Waals surface area contributed by atoms with Gasteiger partial charge in [-0.15, -0.1) is 11.3 Å². The highest BCUT2D eigenvalue weighted by Crippen LogP contribution is 2.08. The molecule has 0 aliphatic carbocycles. The van der Waals surface area contributed by atoms with Gasteiger partial charge in [0, 0.05) is 4.88 Å². The molecule has 19 heavy (non-hydrogen) atoms. The Hall–Kier alpha value is -1.79. The molecule has 6 heteroatoms. The van der Waals surface area contributed by atoms with Crippen molar-refractivity contribution in [3.8, 4) is 0 Å². The number of nitrogens with one attached hydrogen (secondary N) is 2. The summed E-state index contributed by atoms with van der Waals surface area (Å²) < 4.78 is 13.4. The standard InChI is InChI=1S/C13H11FN2OS2/c14-11-6-2-1-5-10(11)12(17)16-13(18)15-8-9-4-3-7-19-9/h1-7H,8H2,(H2,15,16,17,18). The van der Waals surface area contributed by atoms with Crippen LogP contribution in [0, 0.1) is 5.82 Å². The Labute approximate surface area is 119 Å². The van der Waals surface area contributed by atoms with Crippen molar-refractivity contribution in [1.82, 2.24) is 10.6 Å². The molecule has 0 spiro atoms. The molecule has 1 aromatic carbocycles. The van der Waals surface area contributed by atoms with E-state index in [1.807, 2.05) is 17.5 Å². The molecule has 98 valence electrons. The molecule has 1 amide bonds. The van der Waals surface area contributed by atoms with Gasteiger partial charge in [0.25, 0.3) is 5.91 Å². The van der Waals surface area contributed by atoms with Crippen LogP contribution in [0.2, 0.25) is 0 Å². The number of carbonyl (C=O) groups is 1. The quantitative estimate of drug-likeness (QED) is 0.855. The number of hydrogen-bond acceptors (Lipinski definition) is 3. The minimum Gasteiger partial charge on any atom is -0.357 e. The normalized spacial score (nSPS) is 9.95. The van der Waals surface area contributed by atoms with Crippen LogP contribution >= 0.6 is 23.6 Å². The molecule has 0 fully saturated rings. The van der Waals surface area contributed by atoms with Gasteiger partial charge in [-0.25, -0.2) is 4.39 Å². The zero-order valence-electron chi connectivity index (χ0n) is 9.85. The molecule has 3 nitrogen and oxygen atoms in total. The van der Waals surface area contributed by atoms with Crippen LogP contribution < -0.4 is 10.6 Å². The van der Waals surface area contributed by atoms with Crippen LogP contribution in [0.5, 0.6) is 0 Å². The number of carbonyl (C=O) groups excluding carboxylic acids is 1. The first-order valence-corrected chi connectivity index (χ1v) is 6.81. The molecule has 1 aromatic heterocycles. The average molecular weight is 294 g/mol. The van der Waals surface area contributed by atoms with Gasteiger partial charge < -0.3 is 5.32 Å². The van der Waals surface area contributed by atoms with E-state index in [2.05, 4.69) is 10.6 Å². The van der Waals surface area contributed by atoms with Crippen molar-refractivity contribution in [3.05, 3.63) is 58.0 Å². The number of rotatable bonds is 3. The van der Waals surface area contributed by atoms with E-state index in [9.17, 15) is 9.18 Å². The van der Waals surface area contributed by atoms with Crippen molar-refractivity contribution in [2.45, 2.75) is 6.54 Å². The first-order chi connectivity index (χ1) is 9.16. The van der Waals surface area contributed by atoms with Gasteiger partial charge in [0.1, 0.15) is 5.82 Å². The smallest absolute Gasteiger partial charge is 0.260 e. The summed E-state index contributed by atoms with van der Waals surface area (Å²) in [4.78, 5) is 12.9. The fraction of sp³-hybridized carbons (Fsp3) is 0.0769. The third kappa shape index (κ3) is 3.84. The lowest BCUT2D eigenvalue weighted by atomic mass is 10.2. The van der Waals surface area contributed by atoms with Crippen LogP contribution in [-0.2, 0) is 6.54 Å². The van der Waals surface area contributed by atoms with Crippen molar-refractivity contribution >= 4 is 34.6 Å². The largest absolute Gasteiger partial charge is 0.357 e. The summed E-state index contributed by atoms with van der Waals surface area (Å²) in [5.41, 5.74) is -0.0252. The molecular formula is C13H11FN2OS2. The lowest BCUT2D eigenvalue weighted by Crippen LogP contribution is -2.39. The van der Waals surface area contributed by atoms with E-state index in [0.717, 1.165) is 4.88 Å². The summed E-state index contributed by atoms with van der Waals surface area (Å²) >= 11 is 6.57. The highest BCUT2D eigenvalue weighted by Gasteiger charge is 2.11.